The summed E-state index contributed by atoms with van der Waals surface area (Å²) >= 11 is 12.1. The molecule has 2 rings (SSSR count). The predicted octanol–water partition coefficient (Wildman–Crippen LogP) is 3.56. The Morgan fingerprint density at radius 2 is 2.00 bits per heavy atom. The molecule has 0 saturated carbocycles. The van der Waals surface area contributed by atoms with Crippen LogP contribution in [0.4, 0.5) is 0 Å². The van der Waals surface area contributed by atoms with Crippen LogP contribution >= 0.6 is 23.2 Å². The van der Waals surface area contributed by atoms with E-state index in [4.69, 9.17) is 29.0 Å². The first-order valence-corrected chi connectivity index (χ1v) is 6.63. The molecule has 19 heavy (non-hydrogen) atoms. The van der Waals surface area contributed by atoms with E-state index in [1.165, 1.54) is 11.1 Å². The van der Waals surface area contributed by atoms with E-state index in [0.717, 1.165) is 5.56 Å². The molecule has 3 nitrogen and oxygen atoms in total. The van der Waals surface area contributed by atoms with Gasteiger partial charge in [-0.1, -0.05) is 41.4 Å². The van der Waals surface area contributed by atoms with Gasteiger partial charge in [-0.25, -0.2) is 5.43 Å². The molecule has 0 saturated heterocycles. The fourth-order valence-corrected chi connectivity index (χ4v) is 2.53. The molecule has 0 bridgehead atoms. The van der Waals surface area contributed by atoms with Gasteiger partial charge in [0.1, 0.15) is 0 Å². The third kappa shape index (κ3) is 2.90. The maximum absolute atomic E-state index is 6.20. The van der Waals surface area contributed by atoms with Gasteiger partial charge in [-0.15, -0.1) is 0 Å². The summed E-state index contributed by atoms with van der Waals surface area (Å²) in [7, 11) is 0. The number of nitrogens with two attached hydrogens (primary N) is 1. The minimum absolute atomic E-state index is 0.260. The van der Waals surface area contributed by atoms with E-state index in [0.29, 0.717) is 15.7 Å². The van der Waals surface area contributed by atoms with Crippen LogP contribution in [-0.2, 0) is 0 Å². The van der Waals surface area contributed by atoms with Crippen LogP contribution in [0.25, 0.3) is 0 Å². The zero-order chi connectivity index (χ0) is 14.0. The molecule has 0 fully saturated rings. The number of benzene rings is 1. The van der Waals surface area contributed by atoms with Gasteiger partial charge in [0.2, 0.25) is 0 Å². The lowest BCUT2D eigenvalue weighted by Crippen LogP contribution is -2.30. The molecule has 2 aromatic rings. The van der Waals surface area contributed by atoms with Crippen LogP contribution in [0.5, 0.6) is 0 Å². The number of hydrogen-bond donors (Lipinski definition) is 2. The summed E-state index contributed by atoms with van der Waals surface area (Å²) in [5.74, 6) is 5.68. The van der Waals surface area contributed by atoms with Crippen LogP contribution in [0.3, 0.4) is 0 Å². The number of hydrogen-bond acceptors (Lipinski definition) is 3. The van der Waals surface area contributed by atoms with Crippen LogP contribution < -0.4 is 11.3 Å². The van der Waals surface area contributed by atoms with Gasteiger partial charge in [-0.05, 0) is 36.6 Å². The Morgan fingerprint density at radius 3 is 2.63 bits per heavy atom. The number of halogens is 2. The number of rotatable bonds is 3. The second kappa shape index (κ2) is 5.88. The highest BCUT2D eigenvalue weighted by molar-refractivity contribution is 6.34. The fraction of sp³-hybridized carbons (Fsp3) is 0.214. The number of hydrazine groups is 1. The lowest BCUT2D eigenvalue weighted by atomic mass is 9.95. The molecule has 0 amide bonds. The molecule has 1 atom stereocenters. The molecule has 1 unspecified atom stereocenters. The number of pyridine rings is 1. The third-order valence-corrected chi connectivity index (χ3v) is 3.74. The average molecular weight is 296 g/mol. The van der Waals surface area contributed by atoms with E-state index in [1.807, 2.05) is 12.1 Å². The van der Waals surface area contributed by atoms with E-state index < -0.39 is 0 Å². The predicted molar refractivity (Wildman–Crippen MR) is 79.3 cm³/mol. The highest BCUT2D eigenvalue weighted by atomic mass is 35.5. The fourth-order valence-electron chi connectivity index (χ4n) is 2.04. The van der Waals surface area contributed by atoms with Gasteiger partial charge in [0.25, 0.3) is 0 Å². The van der Waals surface area contributed by atoms with Gasteiger partial charge in [-0.3, -0.25) is 10.8 Å². The minimum atomic E-state index is -0.260. The molecule has 0 spiro atoms. The molecule has 1 aromatic carbocycles. The van der Waals surface area contributed by atoms with Gasteiger partial charge < -0.3 is 0 Å². The Bertz CT molecular complexity index is 599. The summed E-state index contributed by atoms with van der Waals surface area (Å²) < 4.78 is 0. The van der Waals surface area contributed by atoms with Crippen molar-refractivity contribution >= 4 is 23.2 Å². The van der Waals surface area contributed by atoms with Crippen molar-refractivity contribution in [1.29, 1.82) is 0 Å². The first-order chi connectivity index (χ1) is 9.04. The van der Waals surface area contributed by atoms with Gasteiger partial charge in [-0.2, -0.15) is 0 Å². The monoisotopic (exact) mass is 295 g/mol. The van der Waals surface area contributed by atoms with E-state index >= 15 is 0 Å². The average Bonchev–Trinajstić information content (AvgIpc) is 2.37. The van der Waals surface area contributed by atoms with Gasteiger partial charge in [0, 0.05) is 6.20 Å². The van der Waals surface area contributed by atoms with E-state index in [9.17, 15) is 0 Å². The van der Waals surface area contributed by atoms with Crippen molar-refractivity contribution in [3.05, 3.63) is 62.9 Å². The Morgan fingerprint density at radius 1 is 1.26 bits per heavy atom. The summed E-state index contributed by atoms with van der Waals surface area (Å²) in [6.07, 6.45) is 1.57. The molecule has 0 aliphatic heterocycles. The van der Waals surface area contributed by atoms with E-state index in [-0.39, 0.29) is 6.04 Å². The maximum atomic E-state index is 6.20. The third-order valence-electron chi connectivity index (χ3n) is 3.23. The highest BCUT2D eigenvalue weighted by Crippen LogP contribution is 2.30. The van der Waals surface area contributed by atoms with Crippen LogP contribution in [0.2, 0.25) is 10.0 Å². The Hall–Kier alpha value is -1.13. The maximum Gasteiger partial charge on any atom is 0.0899 e. The second-order valence-electron chi connectivity index (χ2n) is 4.41. The van der Waals surface area contributed by atoms with Crippen LogP contribution in [0.1, 0.15) is 28.4 Å². The SMILES string of the molecule is Cc1cccc(C(NN)c2ncc(Cl)cc2Cl)c1C. The Balaban J connectivity index is 2.53. The Kier molecular flexibility index (Phi) is 4.42. The molecular weight excluding hydrogens is 281 g/mol. The summed E-state index contributed by atoms with van der Waals surface area (Å²) in [4.78, 5) is 4.29. The molecule has 5 heteroatoms. The Labute approximate surface area is 122 Å². The zero-order valence-electron chi connectivity index (χ0n) is 10.7. The smallest absolute Gasteiger partial charge is 0.0899 e. The summed E-state index contributed by atoms with van der Waals surface area (Å²) in [6.45, 7) is 4.11. The van der Waals surface area contributed by atoms with Gasteiger partial charge in [0.15, 0.2) is 0 Å². The van der Waals surface area contributed by atoms with Crippen molar-refractivity contribution in [3.8, 4) is 0 Å². The van der Waals surface area contributed by atoms with Crippen molar-refractivity contribution in [2.75, 3.05) is 0 Å². The molecule has 3 N–H and O–H groups in total. The van der Waals surface area contributed by atoms with Gasteiger partial charge >= 0.3 is 0 Å². The first kappa shape index (κ1) is 14.3. The van der Waals surface area contributed by atoms with Crippen molar-refractivity contribution in [3.63, 3.8) is 0 Å². The number of aromatic nitrogens is 1. The number of nitrogens with zero attached hydrogens (tertiary/aromatic N) is 1. The van der Waals surface area contributed by atoms with Crippen LogP contribution in [0, 0.1) is 13.8 Å². The molecule has 0 aliphatic rings. The first-order valence-electron chi connectivity index (χ1n) is 5.87. The normalized spacial score (nSPS) is 12.5. The topological polar surface area (TPSA) is 50.9 Å². The zero-order valence-corrected chi connectivity index (χ0v) is 12.3. The summed E-state index contributed by atoms with van der Waals surface area (Å²) in [5, 5.41) is 1.00. The second-order valence-corrected chi connectivity index (χ2v) is 5.25. The summed E-state index contributed by atoms with van der Waals surface area (Å²) in [6, 6.07) is 7.47. The molecule has 100 valence electrons. The quantitative estimate of drug-likeness (QED) is 0.672. The molecule has 0 aliphatic carbocycles. The van der Waals surface area contributed by atoms with Crippen molar-refractivity contribution in [2.45, 2.75) is 19.9 Å². The minimum Gasteiger partial charge on any atom is -0.271 e. The van der Waals surface area contributed by atoms with Crippen LogP contribution in [-0.4, -0.2) is 4.98 Å². The molecule has 1 heterocycles. The van der Waals surface area contributed by atoms with E-state index in [1.54, 1.807) is 12.3 Å². The van der Waals surface area contributed by atoms with Crippen molar-refractivity contribution < 1.29 is 0 Å². The van der Waals surface area contributed by atoms with Crippen LogP contribution in [0.15, 0.2) is 30.5 Å². The molecule has 1 aromatic heterocycles. The molecular formula is C14H15Cl2N3. The molecule has 0 radical (unpaired) electrons. The van der Waals surface area contributed by atoms with E-state index in [2.05, 4.69) is 30.3 Å². The number of nitrogens with one attached hydrogen (secondary N) is 1. The lowest BCUT2D eigenvalue weighted by Gasteiger charge is -2.20. The summed E-state index contributed by atoms with van der Waals surface area (Å²) in [5.41, 5.74) is 6.86. The lowest BCUT2D eigenvalue weighted by molar-refractivity contribution is 0.617. The van der Waals surface area contributed by atoms with Crippen molar-refractivity contribution in [1.82, 2.24) is 10.4 Å². The highest BCUT2D eigenvalue weighted by Gasteiger charge is 2.19. The largest absolute Gasteiger partial charge is 0.271 e. The van der Waals surface area contributed by atoms with Crippen molar-refractivity contribution in [2.24, 2.45) is 5.84 Å². The standard InChI is InChI=1S/C14H15Cl2N3/c1-8-4-3-5-11(9(8)2)13(19-17)14-12(16)6-10(15)7-18-14/h3-7,13,19H,17H2,1-2H3. The van der Waals surface area contributed by atoms with Gasteiger partial charge in [0.05, 0.1) is 21.8 Å². The number of aryl methyl sites for hydroxylation is 1.